The summed E-state index contributed by atoms with van der Waals surface area (Å²) < 4.78 is 31.1. The van der Waals surface area contributed by atoms with Gasteiger partial charge < -0.3 is 14.9 Å². The summed E-state index contributed by atoms with van der Waals surface area (Å²) in [6.07, 6.45) is -2.02. The minimum absolute atomic E-state index is 0.0799. The number of hydrogen-bond donors (Lipinski definition) is 3. The van der Waals surface area contributed by atoms with E-state index in [1.807, 2.05) is 0 Å². The predicted octanol–water partition coefficient (Wildman–Crippen LogP) is -2.50. The number of ether oxygens (including phenoxy) is 1. The van der Waals surface area contributed by atoms with Crippen LogP contribution in [0.15, 0.2) is 0 Å². The minimum Gasteiger partial charge on any atom is -0.389 e. The first-order chi connectivity index (χ1) is 6.97. The Morgan fingerprint density at radius 2 is 1.93 bits per heavy atom. The Bertz CT molecular complexity index is 284. The summed E-state index contributed by atoms with van der Waals surface area (Å²) in [5.41, 5.74) is 0. The van der Waals surface area contributed by atoms with Crippen molar-refractivity contribution in [1.82, 2.24) is 9.03 Å². The Balaban J connectivity index is 2.48. The van der Waals surface area contributed by atoms with E-state index in [1.165, 1.54) is 7.11 Å². The summed E-state index contributed by atoms with van der Waals surface area (Å²) in [5.74, 6) is 0. The Labute approximate surface area is 88.8 Å². The van der Waals surface area contributed by atoms with Gasteiger partial charge in [-0.2, -0.15) is 17.4 Å². The maximum atomic E-state index is 11.5. The van der Waals surface area contributed by atoms with E-state index in [1.54, 1.807) is 0 Å². The number of methoxy groups -OCH3 is 1. The third-order valence-corrected chi connectivity index (χ3v) is 3.70. The molecule has 1 aliphatic heterocycles. The zero-order valence-electron chi connectivity index (χ0n) is 8.46. The second kappa shape index (κ2) is 5.19. The van der Waals surface area contributed by atoms with Crippen LogP contribution in [0.25, 0.3) is 0 Å². The van der Waals surface area contributed by atoms with Crippen LogP contribution in [0, 0.1) is 0 Å². The fraction of sp³-hybridized carbons (Fsp3) is 1.00. The Hall–Kier alpha value is -0.250. The summed E-state index contributed by atoms with van der Waals surface area (Å²) in [5, 5.41) is 18.4. The van der Waals surface area contributed by atoms with E-state index in [4.69, 9.17) is 4.74 Å². The number of rotatable bonds is 5. The molecule has 1 rings (SSSR count). The third kappa shape index (κ3) is 3.37. The highest BCUT2D eigenvalue weighted by Crippen LogP contribution is 2.12. The van der Waals surface area contributed by atoms with Crippen LogP contribution in [0.5, 0.6) is 0 Å². The average Bonchev–Trinajstić information content (AvgIpc) is 2.48. The molecule has 1 fully saturated rings. The van der Waals surface area contributed by atoms with E-state index in [0.717, 1.165) is 4.31 Å². The highest BCUT2D eigenvalue weighted by atomic mass is 32.2. The van der Waals surface area contributed by atoms with E-state index in [2.05, 4.69) is 4.72 Å². The Morgan fingerprint density at radius 3 is 2.40 bits per heavy atom. The maximum absolute atomic E-state index is 11.5. The Morgan fingerprint density at radius 1 is 1.40 bits per heavy atom. The van der Waals surface area contributed by atoms with Crippen LogP contribution >= 0.6 is 0 Å². The normalized spacial score (nSPS) is 28.5. The molecule has 0 bridgehead atoms. The fourth-order valence-corrected chi connectivity index (χ4v) is 2.52. The monoisotopic (exact) mass is 240 g/mol. The molecule has 2 unspecified atom stereocenters. The van der Waals surface area contributed by atoms with Gasteiger partial charge in [-0.3, -0.25) is 0 Å². The highest BCUT2D eigenvalue weighted by molar-refractivity contribution is 7.87. The summed E-state index contributed by atoms with van der Waals surface area (Å²) in [7, 11) is -2.14. The van der Waals surface area contributed by atoms with Crippen LogP contribution in [0.1, 0.15) is 0 Å². The molecule has 0 amide bonds. The van der Waals surface area contributed by atoms with Crippen molar-refractivity contribution in [3.63, 3.8) is 0 Å². The van der Waals surface area contributed by atoms with Crippen molar-refractivity contribution in [3.8, 4) is 0 Å². The number of nitrogens with zero attached hydrogens (tertiary/aromatic N) is 1. The smallest absolute Gasteiger partial charge is 0.279 e. The zero-order chi connectivity index (χ0) is 11.5. The quantitative estimate of drug-likeness (QED) is 0.462. The highest BCUT2D eigenvalue weighted by Gasteiger charge is 2.36. The van der Waals surface area contributed by atoms with Crippen molar-refractivity contribution in [2.75, 3.05) is 33.4 Å². The van der Waals surface area contributed by atoms with Gasteiger partial charge in [0.05, 0.1) is 18.8 Å². The van der Waals surface area contributed by atoms with Crippen molar-refractivity contribution >= 4 is 10.2 Å². The largest absolute Gasteiger partial charge is 0.389 e. The number of aliphatic hydroxyl groups excluding tert-OH is 2. The standard InChI is InChI=1S/C7H16N2O5S/c1-14-3-2-8-15(12,13)9-4-6(10)7(11)5-9/h6-8,10-11H,2-5H2,1H3. The first kappa shape index (κ1) is 12.8. The second-order valence-electron chi connectivity index (χ2n) is 3.34. The lowest BCUT2D eigenvalue weighted by atomic mass is 10.3. The van der Waals surface area contributed by atoms with Crippen molar-refractivity contribution in [2.45, 2.75) is 12.2 Å². The second-order valence-corrected chi connectivity index (χ2v) is 5.10. The number of nitrogens with one attached hydrogen (secondary N) is 1. The van der Waals surface area contributed by atoms with Gasteiger partial charge in [-0.05, 0) is 0 Å². The van der Waals surface area contributed by atoms with Crippen LogP contribution in [-0.2, 0) is 14.9 Å². The van der Waals surface area contributed by atoms with Crippen molar-refractivity contribution < 1.29 is 23.4 Å². The van der Waals surface area contributed by atoms with E-state index < -0.39 is 22.4 Å². The molecule has 0 aromatic carbocycles. The van der Waals surface area contributed by atoms with Gasteiger partial charge in [0.25, 0.3) is 10.2 Å². The molecular formula is C7H16N2O5S. The van der Waals surface area contributed by atoms with E-state index in [-0.39, 0.29) is 26.2 Å². The molecule has 1 saturated heterocycles. The molecule has 8 heteroatoms. The molecule has 15 heavy (non-hydrogen) atoms. The summed E-state index contributed by atoms with van der Waals surface area (Å²) in [6, 6.07) is 0. The fourth-order valence-electron chi connectivity index (χ4n) is 1.30. The zero-order valence-corrected chi connectivity index (χ0v) is 9.27. The molecule has 1 heterocycles. The molecule has 0 saturated carbocycles. The van der Waals surface area contributed by atoms with E-state index in [0.29, 0.717) is 0 Å². The lowest BCUT2D eigenvalue weighted by Gasteiger charge is -2.15. The summed E-state index contributed by atoms with van der Waals surface area (Å²) in [4.78, 5) is 0. The first-order valence-electron chi connectivity index (χ1n) is 4.57. The number of hydrogen-bond acceptors (Lipinski definition) is 5. The molecule has 90 valence electrons. The molecule has 0 aromatic heterocycles. The van der Waals surface area contributed by atoms with Gasteiger partial charge in [0.1, 0.15) is 0 Å². The number of β-amino-alcohol motifs (C(OH)–C–C–N with tert-alkyl or cyclic N) is 2. The van der Waals surface area contributed by atoms with Crippen LogP contribution in [0.3, 0.4) is 0 Å². The van der Waals surface area contributed by atoms with Crippen LogP contribution < -0.4 is 4.72 Å². The summed E-state index contributed by atoms with van der Waals surface area (Å²) in [6.45, 7) is 0.284. The third-order valence-electron chi connectivity index (χ3n) is 2.16. The van der Waals surface area contributed by atoms with Crippen molar-refractivity contribution in [1.29, 1.82) is 0 Å². The molecule has 1 aliphatic rings. The molecule has 7 nitrogen and oxygen atoms in total. The molecule has 0 aliphatic carbocycles. The van der Waals surface area contributed by atoms with Gasteiger partial charge in [-0.15, -0.1) is 0 Å². The van der Waals surface area contributed by atoms with Gasteiger partial charge in [0, 0.05) is 26.7 Å². The molecule has 0 spiro atoms. The SMILES string of the molecule is COCCNS(=O)(=O)N1CC(O)C(O)C1. The predicted molar refractivity (Wildman–Crippen MR) is 52.4 cm³/mol. The van der Waals surface area contributed by atoms with Gasteiger partial charge in [-0.1, -0.05) is 0 Å². The van der Waals surface area contributed by atoms with Gasteiger partial charge >= 0.3 is 0 Å². The topological polar surface area (TPSA) is 99.1 Å². The maximum Gasteiger partial charge on any atom is 0.279 e. The van der Waals surface area contributed by atoms with E-state index >= 15 is 0 Å². The number of aliphatic hydroxyl groups is 2. The molecule has 0 aromatic rings. The molecule has 0 radical (unpaired) electrons. The lowest BCUT2D eigenvalue weighted by Crippen LogP contribution is -2.41. The van der Waals surface area contributed by atoms with Crippen LogP contribution in [0.4, 0.5) is 0 Å². The van der Waals surface area contributed by atoms with E-state index in [9.17, 15) is 18.6 Å². The van der Waals surface area contributed by atoms with Crippen LogP contribution in [0.2, 0.25) is 0 Å². The van der Waals surface area contributed by atoms with Gasteiger partial charge in [-0.25, -0.2) is 0 Å². The van der Waals surface area contributed by atoms with Crippen LogP contribution in [-0.4, -0.2) is 68.5 Å². The van der Waals surface area contributed by atoms with Crippen molar-refractivity contribution in [2.24, 2.45) is 0 Å². The molecular weight excluding hydrogens is 224 g/mol. The van der Waals surface area contributed by atoms with Gasteiger partial charge in [0.15, 0.2) is 0 Å². The summed E-state index contributed by atoms with van der Waals surface area (Å²) >= 11 is 0. The van der Waals surface area contributed by atoms with Crippen molar-refractivity contribution in [3.05, 3.63) is 0 Å². The molecule has 2 atom stereocenters. The van der Waals surface area contributed by atoms with Gasteiger partial charge in [0.2, 0.25) is 0 Å². The Kier molecular flexibility index (Phi) is 4.44. The minimum atomic E-state index is -3.61. The average molecular weight is 240 g/mol. The first-order valence-corrected chi connectivity index (χ1v) is 6.01. The lowest BCUT2D eigenvalue weighted by molar-refractivity contribution is 0.0572. The molecule has 3 N–H and O–H groups in total.